The number of fused-ring (bicyclic) bond motifs is 1. The van der Waals surface area contributed by atoms with Crippen molar-refractivity contribution in [3.8, 4) is 0 Å². The normalized spacial score (nSPS) is 10.8. The molecule has 0 fully saturated rings. The molecule has 2 aromatic carbocycles. The molecule has 0 spiro atoms. The van der Waals surface area contributed by atoms with Gasteiger partial charge in [-0.25, -0.2) is 14.8 Å². The number of nitrogens with one attached hydrogen (secondary N) is 1. The molecule has 1 N–H and O–H groups in total. The van der Waals surface area contributed by atoms with Crippen molar-refractivity contribution in [2.45, 2.75) is 20.3 Å². The lowest BCUT2D eigenvalue weighted by atomic mass is 10.1. The maximum absolute atomic E-state index is 12.4. The van der Waals surface area contributed by atoms with Crippen LogP contribution in [0.1, 0.15) is 33.5 Å². The van der Waals surface area contributed by atoms with E-state index in [0.717, 1.165) is 27.0 Å². The summed E-state index contributed by atoms with van der Waals surface area (Å²) in [7, 11) is 0. The van der Waals surface area contributed by atoms with Crippen molar-refractivity contribution in [3.05, 3.63) is 82.5 Å². The molecule has 2 heterocycles. The van der Waals surface area contributed by atoms with Crippen LogP contribution in [0.3, 0.4) is 0 Å². The standard InChI is InChI=1S/C23H21N3O2S/c1-3-28-23(27)20-15(2)19-21(24-17-12-8-5-9-13-17)25-18(26-22(19)29-20)14-16-10-6-4-7-11-16/h4-13H,3,14H2,1-2H3,(H,24,25,26). The Bertz CT molecular complexity index is 1140. The number of anilines is 2. The lowest BCUT2D eigenvalue weighted by Gasteiger charge is -2.10. The van der Waals surface area contributed by atoms with E-state index in [-0.39, 0.29) is 5.97 Å². The summed E-state index contributed by atoms with van der Waals surface area (Å²) in [6.45, 7) is 4.06. The Kier molecular flexibility index (Phi) is 5.53. The van der Waals surface area contributed by atoms with Crippen LogP contribution in [0.5, 0.6) is 0 Å². The van der Waals surface area contributed by atoms with E-state index in [9.17, 15) is 4.79 Å². The van der Waals surface area contributed by atoms with E-state index in [4.69, 9.17) is 14.7 Å². The van der Waals surface area contributed by atoms with Crippen LogP contribution < -0.4 is 5.32 Å². The molecule has 4 aromatic rings. The lowest BCUT2D eigenvalue weighted by Crippen LogP contribution is -2.04. The number of ether oxygens (including phenoxy) is 1. The van der Waals surface area contributed by atoms with Crippen molar-refractivity contribution in [1.29, 1.82) is 0 Å². The van der Waals surface area contributed by atoms with Gasteiger partial charge in [-0.05, 0) is 37.1 Å². The third kappa shape index (κ3) is 4.12. The van der Waals surface area contributed by atoms with Gasteiger partial charge in [-0.1, -0.05) is 48.5 Å². The van der Waals surface area contributed by atoms with Gasteiger partial charge in [0, 0.05) is 12.1 Å². The first-order valence-corrected chi connectivity index (χ1v) is 10.3. The second-order valence-corrected chi connectivity index (χ2v) is 7.60. The number of para-hydroxylation sites is 1. The average molecular weight is 404 g/mol. The maximum Gasteiger partial charge on any atom is 0.348 e. The quantitative estimate of drug-likeness (QED) is 0.430. The average Bonchev–Trinajstić information content (AvgIpc) is 3.06. The molecule has 0 aliphatic carbocycles. The highest BCUT2D eigenvalue weighted by molar-refractivity contribution is 7.20. The van der Waals surface area contributed by atoms with Crippen molar-refractivity contribution < 1.29 is 9.53 Å². The predicted octanol–water partition coefficient (Wildman–Crippen LogP) is 5.51. The second-order valence-electron chi connectivity index (χ2n) is 6.60. The minimum Gasteiger partial charge on any atom is -0.462 e. The molecule has 0 saturated carbocycles. The van der Waals surface area contributed by atoms with Crippen LogP contribution in [0, 0.1) is 6.92 Å². The number of aryl methyl sites for hydroxylation is 1. The van der Waals surface area contributed by atoms with Gasteiger partial charge >= 0.3 is 5.97 Å². The fourth-order valence-electron chi connectivity index (χ4n) is 3.18. The van der Waals surface area contributed by atoms with Gasteiger partial charge in [-0.2, -0.15) is 0 Å². The molecule has 0 atom stereocenters. The smallest absolute Gasteiger partial charge is 0.348 e. The summed E-state index contributed by atoms with van der Waals surface area (Å²) in [6, 6.07) is 20.0. The maximum atomic E-state index is 12.4. The molecule has 0 radical (unpaired) electrons. The molecule has 5 nitrogen and oxygen atoms in total. The first-order chi connectivity index (χ1) is 14.2. The van der Waals surface area contributed by atoms with Crippen LogP contribution >= 0.6 is 11.3 Å². The van der Waals surface area contributed by atoms with Gasteiger partial charge in [-0.15, -0.1) is 11.3 Å². The van der Waals surface area contributed by atoms with Crippen molar-refractivity contribution >= 4 is 39.0 Å². The molecule has 0 unspecified atom stereocenters. The summed E-state index contributed by atoms with van der Waals surface area (Å²) in [5.41, 5.74) is 2.91. The van der Waals surface area contributed by atoms with E-state index >= 15 is 0 Å². The summed E-state index contributed by atoms with van der Waals surface area (Å²) in [6.07, 6.45) is 0.617. The van der Waals surface area contributed by atoms with Crippen LogP contribution in [0.15, 0.2) is 60.7 Å². The Hall–Kier alpha value is -3.25. The zero-order valence-corrected chi connectivity index (χ0v) is 17.1. The number of thiophene rings is 1. The number of esters is 1. The van der Waals surface area contributed by atoms with Crippen molar-refractivity contribution in [1.82, 2.24) is 9.97 Å². The molecule has 29 heavy (non-hydrogen) atoms. The molecule has 0 saturated heterocycles. The number of carbonyl (C=O) groups excluding carboxylic acids is 1. The van der Waals surface area contributed by atoms with Gasteiger partial charge < -0.3 is 10.1 Å². The third-order valence-corrected chi connectivity index (χ3v) is 5.70. The Labute approximate surface area is 173 Å². The zero-order chi connectivity index (χ0) is 20.2. The van der Waals surface area contributed by atoms with Gasteiger partial charge in [0.25, 0.3) is 0 Å². The van der Waals surface area contributed by atoms with Crippen molar-refractivity contribution in [2.24, 2.45) is 0 Å². The van der Waals surface area contributed by atoms with E-state index in [1.54, 1.807) is 6.92 Å². The van der Waals surface area contributed by atoms with Crippen LogP contribution in [0.2, 0.25) is 0 Å². The molecule has 0 bridgehead atoms. The number of hydrogen-bond acceptors (Lipinski definition) is 6. The molecule has 6 heteroatoms. The van der Waals surface area contributed by atoms with Gasteiger partial charge in [0.15, 0.2) is 0 Å². The van der Waals surface area contributed by atoms with Gasteiger partial charge in [-0.3, -0.25) is 0 Å². The van der Waals surface area contributed by atoms with Crippen LogP contribution in [-0.4, -0.2) is 22.5 Å². The molecule has 0 aliphatic rings. The van der Waals surface area contributed by atoms with Crippen LogP contribution in [0.25, 0.3) is 10.2 Å². The van der Waals surface area contributed by atoms with E-state index < -0.39 is 0 Å². The van der Waals surface area contributed by atoms with Crippen LogP contribution in [0.4, 0.5) is 11.5 Å². The predicted molar refractivity (Wildman–Crippen MR) is 117 cm³/mol. The minimum absolute atomic E-state index is 0.316. The minimum atomic E-state index is -0.316. The second kappa shape index (κ2) is 8.41. The first-order valence-electron chi connectivity index (χ1n) is 9.49. The molecule has 4 rings (SSSR count). The third-order valence-electron chi connectivity index (χ3n) is 4.54. The summed E-state index contributed by atoms with van der Waals surface area (Å²) in [5, 5.41) is 4.26. The van der Waals surface area contributed by atoms with E-state index in [0.29, 0.717) is 29.5 Å². The molecule has 0 amide bonds. The molecule has 146 valence electrons. The summed E-state index contributed by atoms with van der Waals surface area (Å²) >= 11 is 1.36. The SMILES string of the molecule is CCOC(=O)c1sc2nc(Cc3ccccc3)nc(Nc3ccccc3)c2c1C. The monoisotopic (exact) mass is 403 g/mol. The fraction of sp³-hybridized carbons (Fsp3) is 0.174. The summed E-state index contributed by atoms with van der Waals surface area (Å²) < 4.78 is 5.23. The highest BCUT2D eigenvalue weighted by Gasteiger charge is 2.21. The topological polar surface area (TPSA) is 64.1 Å². The number of benzene rings is 2. The largest absolute Gasteiger partial charge is 0.462 e. The number of hydrogen-bond donors (Lipinski definition) is 1. The Morgan fingerprint density at radius 3 is 2.41 bits per heavy atom. The van der Waals surface area contributed by atoms with E-state index in [1.165, 1.54) is 11.3 Å². The van der Waals surface area contributed by atoms with Gasteiger partial charge in [0.05, 0.1) is 12.0 Å². The van der Waals surface area contributed by atoms with Crippen molar-refractivity contribution in [3.63, 3.8) is 0 Å². The van der Waals surface area contributed by atoms with Gasteiger partial charge in [0.2, 0.25) is 0 Å². The lowest BCUT2D eigenvalue weighted by molar-refractivity contribution is 0.0531. The number of rotatable bonds is 6. The summed E-state index contributed by atoms with van der Waals surface area (Å²) in [4.78, 5) is 23.3. The number of aromatic nitrogens is 2. The highest BCUT2D eigenvalue weighted by atomic mass is 32.1. The fourth-order valence-corrected chi connectivity index (χ4v) is 4.27. The van der Waals surface area contributed by atoms with E-state index in [1.807, 2.05) is 55.5 Å². The Morgan fingerprint density at radius 1 is 1.03 bits per heavy atom. The molecular weight excluding hydrogens is 382 g/mol. The molecular formula is C23H21N3O2S. The van der Waals surface area contributed by atoms with Gasteiger partial charge in [0.1, 0.15) is 21.3 Å². The van der Waals surface area contributed by atoms with Crippen LogP contribution in [-0.2, 0) is 11.2 Å². The summed E-state index contributed by atoms with van der Waals surface area (Å²) in [5.74, 6) is 1.10. The van der Waals surface area contributed by atoms with Crippen molar-refractivity contribution in [2.75, 3.05) is 11.9 Å². The number of carbonyl (C=O) groups is 1. The first kappa shape index (κ1) is 19.1. The Morgan fingerprint density at radius 2 is 1.72 bits per heavy atom. The highest BCUT2D eigenvalue weighted by Crippen LogP contribution is 2.35. The zero-order valence-electron chi connectivity index (χ0n) is 16.3. The van der Waals surface area contributed by atoms with E-state index in [2.05, 4.69) is 17.4 Å². The molecule has 2 aromatic heterocycles. The molecule has 0 aliphatic heterocycles. The number of nitrogens with zero attached hydrogens (tertiary/aromatic N) is 2. The Balaban J connectivity index is 1.82.